The van der Waals surface area contributed by atoms with E-state index >= 15 is 0 Å². The molecule has 0 spiro atoms. The van der Waals surface area contributed by atoms with Crippen LogP contribution in [0.2, 0.25) is 0 Å². The van der Waals surface area contributed by atoms with Crippen LogP contribution in [0.3, 0.4) is 0 Å². The van der Waals surface area contributed by atoms with Crippen molar-refractivity contribution in [1.29, 1.82) is 0 Å². The Balaban J connectivity index is 0.00000264. The summed E-state index contributed by atoms with van der Waals surface area (Å²) >= 11 is 0. The average Bonchev–Trinajstić information content (AvgIpc) is 2.50. The van der Waals surface area contributed by atoms with Gasteiger partial charge in [-0.3, -0.25) is 9.59 Å². The van der Waals surface area contributed by atoms with E-state index < -0.39 is 17.1 Å². The van der Waals surface area contributed by atoms with E-state index in [4.69, 9.17) is 10.5 Å². The maximum Gasteiger partial charge on any atom is 0.248 e. The van der Waals surface area contributed by atoms with Gasteiger partial charge in [0.05, 0.1) is 17.7 Å². The second-order valence-electron chi connectivity index (χ2n) is 5.48. The molecule has 1 heterocycles. The Morgan fingerprint density at radius 3 is 2.61 bits per heavy atom. The molecule has 0 radical (unpaired) electrons. The van der Waals surface area contributed by atoms with E-state index in [1.165, 1.54) is 19.2 Å². The van der Waals surface area contributed by atoms with Gasteiger partial charge in [0, 0.05) is 12.7 Å². The molecule has 8 heteroatoms. The summed E-state index contributed by atoms with van der Waals surface area (Å²) in [6.45, 7) is 1.65. The van der Waals surface area contributed by atoms with Crippen molar-refractivity contribution in [3.05, 3.63) is 29.6 Å². The van der Waals surface area contributed by atoms with Gasteiger partial charge in [-0.25, -0.2) is 4.39 Å². The van der Waals surface area contributed by atoms with Gasteiger partial charge in [0.15, 0.2) is 0 Å². The van der Waals surface area contributed by atoms with E-state index in [0.29, 0.717) is 25.9 Å². The van der Waals surface area contributed by atoms with Crippen molar-refractivity contribution < 1.29 is 18.7 Å². The molecule has 0 bridgehead atoms. The molecule has 2 amide bonds. The van der Waals surface area contributed by atoms with Crippen LogP contribution in [0.15, 0.2) is 18.2 Å². The molecule has 1 aromatic carbocycles. The highest BCUT2D eigenvalue weighted by Gasteiger charge is 2.40. The van der Waals surface area contributed by atoms with Gasteiger partial charge < -0.3 is 21.1 Å². The minimum Gasteiger partial charge on any atom is -0.384 e. The maximum atomic E-state index is 13.9. The van der Waals surface area contributed by atoms with E-state index in [9.17, 15) is 14.0 Å². The lowest BCUT2D eigenvalue weighted by molar-refractivity contribution is -0.130. The van der Waals surface area contributed by atoms with Crippen molar-refractivity contribution >= 4 is 29.9 Å². The number of nitrogens with two attached hydrogens (primary N) is 1. The number of benzene rings is 1. The van der Waals surface area contributed by atoms with Gasteiger partial charge in [-0.1, -0.05) is 0 Å². The third-order valence-electron chi connectivity index (χ3n) is 3.96. The lowest BCUT2D eigenvalue weighted by Gasteiger charge is -2.35. The lowest BCUT2D eigenvalue weighted by atomic mass is 9.78. The number of anilines is 1. The first-order valence-corrected chi connectivity index (χ1v) is 7.09. The van der Waals surface area contributed by atoms with E-state index in [2.05, 4.69) is 10.6 Å². The van der Waals surface area contributed by atoms with Crippen molar-refractivity contribution in [3.8, 4) is 0 Å². The number of hydrogen-bond donors (Lipinski definition) is 3. The number of primary amides is 1. The Bertz CT molecular complexity index is 572. The van der Waals surface area contributed by atoms with Crippen LogP contribution in [0, 0.1) is 11.2 Å². The molecule has 23 heavy (non-hydrogen) atoms. The number of halogens is 2. The van der Waals surface area contributed by atoms with Gasteiger partial charge in [-0.2, -0.15) is 0 Å². The SMILES string of the molecule is COCC1(C(=O)Nc2cc(C(N)=O)ccc2F)CCNCC1.Cl. The van der Waals surface area contributed by atoms with Gasteiger partial charge in [-0.05, 0) is 44.1 Å². The fourth-order valence-corrected chi connectivity index (χ4v) is 2.65. The molecule has 0 atom stereocenters. The van der Waals surface area contributed by atoms with E-state index in [1.54, 1.807) is 0 Å². The number of rotatable bonds is 5. The second kappa shape index (κ2) is 8.24. The quantitative estimate of drug-likeness (QED) is 0.750. The Morgan fingerprint density at radius 2 is 2.04 bits per heavy atom. The first-order valence-electron chi connectivity index (χ1n) is 7.09. The summed E-state index contributed by atoms with van der Waals surface area (Å²) in [5.41, 5.74) is 4.57. The molecule has 1 aliphatic heterocycles. The monoisotopic (exact) mass is 345 g/mol. The Kier molecular flexibility index (Phi) is 6.93. The second-order valence-corrected chi connectivity index (χ2v) is 5.48. The minimum absolute atomic E-state index is 0. The first kappa shape index (κ1) is 19.3. The summed E-state index contributed by atoms with van der Waals surface area (Å²) in [5.74, 6) is -1.60. The number of nitrogens with one attached hydrogen (secondary N) is 2. The fourth-order valence-electron chi connectivity index (χ4n) is 2.65. The smallest absolute Gasteiger partial charge is 0.248 e. The number of ether oxygens (including phenoxy) is 1. The van der Waals surface area contributed by atoms with Gasteiger partial charge in [0.25, 0.3) is 0 Å². The van der Waals surface area contributed by atoms with Gasteiger partial charge >= 0.3 is 0 Å². The average molecular weight is 346 g/mol. The molecule has 0 saturated carbocycles. The van der Waals surface area contributed by atoms with Crippen molar-refractivity contribution in [2.75, 3.05) is 32.1 Å². The van der Waals surface area contributed by atoms with Crippen LogP contribution in [-0.4, -0.2) is 38.6 Å². The first-order chi connectivity index (χ1) is 10.5. The molecule has 1 saturated heterocycles. The Hall–Kier alpha value is -1.70. The highest BCUT2D eigenvalue weighted by atomic mass is 35.5. The molecule has 128 valence electrons. The predicted molar refractivity (Wildman–Crippen MR) is 87.2 cm³/mol. The highest BCUT2D eigenvalue weighted by molar-refractivity contribution is 5.98. The number of methoxy groups -OCH3 is 1. The zero-order chi connectivity index (χ0) is 16.2. The number of piperidine rings is 1. The molecule has 4 N–H and O–H groups in total. The molecule has 0 aliphatic carbocycles. The zero-order valence-corrected chi connectivity index (χ0v) is 13.7. The zero-order valence-electron chi connectivity index (χ0n) is 12.9. The lowest BCUT2D eigenvalue weighted by Crippen LogP contribution is -2.47. The molecule has 6 nitrogen and oxygen atoms in total. The van der Waals surface area contributed by atoms with Crippen LogP contribution >= 0.6 is 12.4 Å². The highest BCUT2D eigenvalue weighted by Crippen LogP contribution is 2.31. The van der Waals surface area contributed by atoms with Crippen molar-refractivity contribution in [2.45, 2.75) is 12.8 Å². The molecule has 1 aromatic rings. The van der Waals surface area contributed by atoms with E-state index in [-0.39, 0.29) is 36.2 Å². The third kappa shape index (κ3) is 4.40. The van der Waals surface area contributed by atoms with E-state index in [0.717, 1.165) is 6.07 Å². The molecule has 1 aliphatic rings. The van der Waals surface area contributed by atoms with Crippen molar-refractivity contribution in [3.63, 3.8) is 0 Å². The van der Waals surface area contributed by atoms with Gasteiger partial charge in [0.1, 0.15) is 5.82 Å². The standard InChI is InChI=1S/C15H20FN3O3.ClH/c1-22-9-15(4-6-18-7-5-15)14(21)19-12-8-10(13(17)20)2-3-11(12)16;/h2-3,8,18H,4-7,9H2,1H3,(H2,17,20)(H,19,21);1H. The largest absolute Gasteiger partial charge is 0.384 e. The third-order valence-corrected chi connectivity index (χ3v) is 3.96. The summed E-state index contributed by atoms with van der Waals surface area (Å²) in [4.78, 5) is 23.8. The topological polar surface area (TPSA) is 93.4 Å². The molecular formula is C15H21ClFN3O3. The summed E-state index contributed by atoms with van der Waals surface area (Å²) < 4.78 is 19.0. The minimum atomic E-state index is -0.699. The maximum absolute atomic E-state index is 13.9. The molecule has 0 aromatic heterocycles. The normalized spacial score (nSPS) is 16.3. The Labute approximate surface area is 140 Å². The van der Waals surface area contributed by atoms with Crippen LogP contribution in [0.1, 0.15) is 23.2 Å². The van der Waals surface area contributed by atoms with Crippen molar-refractivity contribution in [1.82, 2.24) is 5.32 Å². The van der Waals surface area contributed by atoms with Crippen LogP contribution in [0.5, 0.6) is 0 Å². The number of carbonyl (C=O) groups is 2. The summed E-state index contributed by atoms with van der Waals surface area (Å²) in [7, 11) is 1.53. The van der Waals surface area contributed by atoms with E-state index in [1.807, 2.05) is 0 Å². The molecule has 2 rings (SSSR count). The molecule has 0 unspecified atom stereocenters. The van der Waals surface area contributed by atoms with Crippen LogP contribution in [-0.2, 0) is 9.53 Å². The van der Waals surface area contributed by atoms with Crippen LogP contribution in [0.25, 0.3) is 0 Å². The molecular weight excluding hydrogens is 325 g/mol. The Morgan fingerprint density at radius 1 is 1.39 bits per heavy atom. The number of carbonyl (C=O) groups excluding carboxylic acids is 2. The van der Waals surface area contributed by atoms with Crippen molar-refractivity contribution in [2.24, 2.45) is 11.1 Å². The van der Waals surface area contributed by atoms with Gasteiger partial charge in [-0.15, -0.1) is 12.4 Å². The van der Waals surface area contributed by atoms with Crippen LogP contribution in [0.4, 0.5) is 10.1 Å². The predicted octanol–water partition coefficient (Wildman–Crippen LogP) is 1.30. The number of amides is 2. The summed E-state index contributed by atoms with van der Waals surface area (Å²) in [6.07, 6.45) is 1.20. The van der Waals surface area contributed by atoms with Crippen LogP contribution < -0.4 is 16.4 Å². The fraction of sp³-hybridized carbons (Fsp3) is 0.467. The summed E-state index contributed by atoms with van der Waals surface area (Å²) in [6, 6.07) is 3.64. The number of hydrogen-bond acceptors (Lipinski definition) is 4. The summed E-state index contributed by atoms with van der Waals surface area (Å²) in [5, 5.41) is 5.75. The molecule has 1 fully saturated rings. The van der Waals surface area contributed by atoms with Gasteiger partial charge in [0.2, 0.25) is 11.8 Å².